The summed E-state index contributed by atoms with van der Waals surface area (Å²) in [6.45, 7) is 6.51. The number of nitrogens with one attached hydrogen (secondary N) is 1. The molecule has 0 atom stereocenters. The fourth-order valence-corrected chi connectivity index (χ4v) is 1.72. The van der Waals surface area contributed by atoms with Crippen LogP contribution in [0, 0.1) is 0 Å². The molecule has 0 radical (unpaired) electrons. The van der Waals surface area contributed by atoms with E-state index in [1.165, 1.54) is 5.56 Å². The van der Waals surface area contributed by atoms with Crippen molar-refractivity contribution >= 4 is 0 Å². The van der Waals surface area contributed by atoms with Crippen LogP contribution in [0.5, 0.6) is 5.75 Å². The smallest absolute Gasteiger partial charge is 0.118 e. The third-order valence-electron chi connectivity index (χ3n) is 3.05. The Morgan fingerprint density at radius 1 is 1.37 bits per heavy atom. The first-order chi connectivity index (χ1) is 9.17. The standard InChI is InChI=1S/C16H24N2O/c1-4-5-6-7-16(17)13(2)18-12-14-8-10-15(19-3)11-9-14/h4,8-11,18H,1,5-7,12,17H2,2-3H3/b16-13-. The van der Waals surface area contributed by atoms with Crippen molar-refractivity contribution in [3.05, 3.63) is 53.9 Å². The molecule has 0 spiro atoms. The summed E-state index contributed by atoms with van der Waals surface area (Å²) in [5.74, 6) is 0.875. The van der Waals surface area contributed by atoms with Gasteiger partial charge in [0.05, 0.1) is 7.11 Å². The van der Waals surface area contributed by atoms with Gasteiger partial charge in [0.2, 0.25) is 0 Å². The molecule has 3 nitrogen and oxygen atoms in total. The molecule has 0 amide bonds. The van der Waals surface area contributed by atoms with Gasteiger partial charge in [-0.3, -0.25) is 0 Å². The largest absolute Gasteiger partial charge is 0.497 e. The normalized spacial score (nSPS) is 11.7. The number of allylic oxidation sites excluding steroid dienone is 3. The minimum absolute atomic E-state index is 0.776. The second-order valence-electron chi connectivity index (χ2n) is 4.53. The molecule has 3 heteroatoms. The zero-order valence-electron chi connectivity index (χ0n) is 11.9. The van der Waals surface area contributed by atoms with Crippen molar-refractivity contribution < 1.29 is 4.74 Å². The van der Waals surface area contributed by atoms with E-state index in [0.717, 1.165) is 43.0 Å². The SMILES string of the molecule is C=CCCC/C(N)=C(\C)NCc1ccc(OC)cc1. The van der Waals surface area contributed by atoms with Gasteiger partial charge in [-0.25, -0.2) is 0 Å². The molecule has 0 unspecified atom stereocenters. The second kappa shape index (κ2) is 8.25. The molecule has 0 heterocycles. The number of unbranched alkanes of at least 4 members (excludes halogenated alkanes) is 1. The molecular weight excluding hydrogens is 236 g/mol. The lowest BCUT2D eigenvalue weighted by molar-refractivity contribution is 0.414. The van der Waals surface area contributed by atoms with E-state index >= 15 is 0 Å². The average molecular weight is 260 g/mol. The fourth-order valence-electron chi connectivity index (χ4n) is 1.72. The molecule has 1 rings (SSSR count). The summed E-state index contributed by atoms with van der Waals surface area (Å²) < 4.78 is 5.13. The van der Waals surface area contributed by atoms with Gasteiger partial charge in [-0.2, -0.15) is 0 Å². The molecule has 0 saturated heterocycles. The van der Waals surface area contributed by atoms with Crippen molar-refractivity contribution in [3.8, 4) is 5.75 Å². The monoisotopic (exact) mass is 260 g/mol. The van der Waals surface area contributed by atoms with Crippen molar-refractivity contribution in [2.24, 2.45) is 5.73 Å². The quantitative estimate of drug-likeness (QED) is 0.557. The first kappa shape index (κ1) is 15.2. The number of methoxy groups -OCH3 is 1. The van der Waals surface area contributed by atoms with Crippen LogP contribution in [0.3, 0.4) is 0 Å². The Morgan fingerprint density at radius 2 is 2.05 bits per heavy atom. The highest BCUT2D eigenvalue weighted by Crippen LogP contribution is 2.12. The minimum Gasteiger partial charge on any atom is -0.497 e. The van der Waals surface area contributed by atoms with Crippen molar-refractivity contribution in [3.63, 3.8) is 0 Å². The Kier molecular flexibility index (Phi) is 6.58. The summed E-state index contributed by atoms with van der Waals surface area (Å²) in [6.07, 6.45) is 4.89. The molecule has 19 heavy (non-hydrogen) atoms. The van der Waals surface area contributed by atoms with Gasteiger partial charge >= 0.3 is 0 Å². The third kappa shape index (κ3) is 5.51. The van der Waals surface area contributed by atoms with E-state index in [4.69, 9.17) is 10.5 Å². The molecule has 104 valence electrons. The van der Waals surface area contributed by atoms with Crippen LogP contribution in [-0.2, 0) is 6.54 Å². The van der Waals surface area contributed by atoms with Crippen LogP contribution in [0.25, 0.3) is 0 Å². The number of hydrogen-bond donors (Lipinski definition) is 2. The van der Waals surface area contributed by atoms with E-state index < -0.39 is 0 Å². The third-order valence-corrected chi connectivity index (χ3v) is 3.05. The highest BCUT2D eigenvalue weighted by molar-refractivity contribution is 5.27. The highest BCUT2D eigenvalue weighted by atomic mass is 16.5. The van der Waals surface area contributed by atoms with Gasteiger partial charge in [0.15, 0.2) is 0 Å². The van der Waals surface area contributed by atoms with Crippen LogP contribution >= 0.6 is 0 Å². The van der Waals surface area contributed by atoms with E-state index in [1.54, 1.807) is 7.11 Å². The predicted molar refractivity (Wildman–Crippen MR) is 80.8 cm³/mol. The summed E-state index contributed by atoms with van der Waals surface area (Å²) >= 11 is 0. The lowest BCUT2D eigenvalue weighted by Crippen LogP contribution is -2.16. The van der Waals surface area contributed by atoms with Gasteiger partial charge in [0, 0.05) is 17.9 Å². The number of nitrogens with two attached hydrogens (primary N) is 1. The average Bonchev–Trinajstić information content (AvgIpc) is 2.45. The van der Waals surface area contributed by atoms with Crippen LogP contribution in [-0.4, -0.2) is 7.11 Å². The number of ether oxygens (including phenoxy) is 1. The van der Waals surface area contributed by atoms with Crippen molar-refractivity contribution in [1.82, 2.24) is 5.32 Å². The summed E-state index contributed by atoms with van der Waals surface area (Å²) in [5, 5.41) is 3.35. The van der Waals surface area contributed by atoms with Crippen LogP contribution in [0.15, 0.2) is 48.3 Å². The van der Waals surface area contributed by atoms with Gasteiger partial charge in [0.25, 0.3) is 0 Å². The highest BCUT2D eigenvalue weighted by Gasteiger charge is 1.99. The number of rotatable bonds is 8. The van der Waals surface area contributed by atoms with E-state index in [9.17, 15) is 0 Å². The van der Waals surface area contributed by atoms with Crippen molar-refractivity contribution in [2.75, 3.05) is 7.11 Å². The Hall–Kier alpha value is -1.90. The number of benzene rings is 1. The van der Waals surface area contributed by atoms with E-state index in [0.29, 0.717) is 0 Å². The Balaban J connectivity index is 2.45. The Bertz CT molecular complexity index is 421. The molecule has 0 aromatic heterocycles. The molecular formula is C16H24N2O. The molecule has 0 aliphatic heterocycles. The maximum absolute atomic E-state index is 6.03. The molecule has 0 saturated carbocycles. The van der Waals surface area contributed by atoms with Crippen molar-refractivity contribution in [1.29, 1.82) is 0 Å². The van der Waals surface area contributed by atoms with Crippen LogP contribution in [0.2, 0.25) is 0 Å². The van der Waals surface area contributed by atoms with Crippen LogP contribution in [0.4, 0.5) is 0 Å². The van der Waals surface area contributed by atoms with Gasteiger partial charge in [-0.15, -0.1) is 6.58 Å². The molecule has 1 aromatic rings. The maximum Gasteiger partial charge on any atom is 0.118 e. The van der Waals surface area contributed by atoms with Gasteiger partial charge in [-0.1, -0.05) is 18.2 Å². The Labute approximate surface area is 116 Å². The molecule has 1 aromatic carbocycles. The fraction of sp³-hybridized carbons (Fsp3) is 0.375. The van der Waals surface area contributed by atoms with Gasteiger partial charge in [-0.05, 0) is 43.9 Å². The topological polar surface area (TPSA) is 47.3 Å². The minimum atomic E-state index is 0.776. The second-order valence-corrected chi connectivity index (χ2v) is 4.53. The molecule has 3 N–H and O–H groups in total. The first-order valence-electron chi connectivity index (χ1n) is 6.60. The molecule has 0 bridgehead atoms. The predicted octanol–water partition coefficient (Wildman–Crippen LogP) is 3.33. The van der Waals surface area contributed by atoms with Crippen LogP contribution in [0.1, 0.15) is 31.7 Å². The summed E-state index contributed by atoms with van der Waals surface area (Å²) in [5.41, 5.74) is 9.22. The van der Waals surface area contributed by atoms with Gasteiger partial charge < -0.3 is 15.8 Å². The maximum atomic E-state index is 6.03. The number of hydrogen-bond acceptors (Lipinski definition) is 3. The lowest BCUT2D eigenvalue weighted by Gasteiger charge is -2.11. The zero-order valence-corrected chi connectivity index (χ0v) is 11.9. The van der Waals surface area contributed by atoms with Gasteiger partial charge in [0.1, 0.15) is 5.75 Å². The molecule has 0 aliphatic rings. The van der Waals surface area contributed by atoms with E-state index in [-0.39, 0.29) is 0 Å². The van der Waals surface area contributed by atoms with Crippen LogP contribution < -0.4 is 15.8 Å². The first-order valence-corrected chi connectivity index (χ1v) is 6.60. The van der Waals surface area contributed by atoms with E-state index in [1.807, 2.05) is 37.3 Å². The zero-order chi connectivity index (χ0) is 14.1. The summed E-state index contributed by atoms with van der Waals surface area (Å²) in [6, 6.07) is 8.02. The lowest BCUT2D eigenvalue weighted by atomic mass is 10.1. The summed E-state index contributed by atoms with van der Waals surface area (Å²) in [4.78, 5) is 0. The summed E-state index contributed by atoms with van der Waals surface area (Å²) in [7, 11) is 1.67. The molecule has 0 aliphatic carbocycles. The Morgan fingerprint density at radius 3 is 2.63 bits per heavy atom. The molecule has 0 fully saturated rings. The van der Waals surface area contributed by atoms with E-state index in [2.05, 4.69) is 11.9 Å². The van der Waals surface area contributed by atoms with Crippen molar-refractivity contribution in [2.45, 2.75) is 32.7 Å².